The van der Waals surface area contributed by atoms with E-state index in [1.807, 2.05) is 0 Å². The molecule has 2 heterocycles. The Morgan fingerprint density at radius 1 is 1.03 bits per heavy atom. The van der Waals surface area contributed by atoms with Gasteiger partial charge in [0.25, 0.3) is 11.8 Å². The summed E-state index contributed by atoms with van der Waals surface area (Å²) < 4.78 is 5.22. The Kier molecular flexibility index (Phi) is 7.78. The molecule has 3 aromatic rings. The number of benzene rings is 2. The molecule has 0 spiro atoms. The Balaban J connectivity index is 1.41. The molecule has 2 aromatic carbocycles. The van der Waals surface area contributed by atoms with Crippen molar-refractivity contribution in [3.05, 3.63) is 75.6 Å². The highest BCUT2D eigenvalue weighted by atomic mass is 35.5. The van der Waals surface area contributed by atoms with Crippen molar-refractivity contribution in [3.63, 3.8) is 0 Å². The number of thiocarbonyl (C=S) groups is 1. The fourth-order valence-corrected chi connectivity index (χ4v) is 5.05. The summed E-state index contributed by atoms with van der Waals surface area (Å²) >= 11 is 12.5. The molecule has 0 fully saturated rings. The quantitative estimate of drug-likeness (QED) is 0.253. The molecule has 36 heavy (non-hydrogen) atoms. The molecule has 3 amide bonds. The van der Waals surface area contributed by atoms with Crippen molar-refractivity contribution in [2.24, 2.45) is 0 Å². The molecular formula is C25H20ClN3O5S2. The van der Waals surface area contributed by atoms with Gasteiger partial charge in [0.05, 0.1) is 17.7 Å². The first-order valence-electron chi connectivity index (χ1n) is 10.9. The second-order valence-corrected chi connectivity index (χ2v) is 9.37. The number of nitrogens with one attached hydrogen (secondary N) is 2. The fourth-order valence-electron chi connectivity index (χ4n) is 3.68. The highest BCUT2D eigenvalue weighted by molar-refractivity contribution is 7.80. The normalized spacial score (nSPS) is 12.3. The van der Waals surface area contributed by atoms with Gasteiger partial charge < -0.3 is 15.4 Å². The van der Waals surface area contributed by atoms with Gasteiger partial charge in [-0.2, -0.15) is 0 Å². The zero-order chi connectivity index (χ0) is 25.8. The number of hydrogen-bond donors (Lipinski definition) is 2. The largest absolute Gasteiger partial charge is 0.462 e. The fraction of sp³-hybridized carbons (Fsp3) is 0.160. The van der Waals surface area contributed by atoms with Gasteiger partial charge >= 0.3 is 5.97 Å². The van der Waals surface area contributed by atoms with Gasteiger partial charge in [-0.15, -0.1) is 11.3 Å². The van der Waals surface area contributed by atoms with Crippen molar-refractivity contribution in [1.82, 2.24) is 10.2 Å². The monoisotopic (exact) mass is 541 g/mol. The van der Waals surface area contributed by atoms with Crippen LogP contribution in [-0.4, -0.2) is 46.9 Å². The number of fused-ring (bicyclic) bond motifs is 1. The zero-order valence-corrected chi connectivity index (χ0v) is 21.4. The average Bonchev–Trinajstić information content (AvgIpc) is 3.37. The molecule has 0 bridgehead atoms. The third kappa shape index (κ3) is 5.30. The van der Waals surface area contributed by atoms with Crippen LogP contribution >= 0.6 is 35.2 Å². The summed E-state index contributed by atoms with van der Waals surface area (Å²) in [5.41, 5.74) is 2.33. The number of carbonyl (C=O) groups is 4. The molecule has 4 rings (SSSR count). The summed E-state index contributed by atoms with van der Waals surface area (Å²) in [6.45, 7) is 1.81. The standard InChI is InChI=1S/C25H20ClN3O5S2/c1-2-34-24(33)20-18(14-7-9-15(26)10-8-14)13-36-21(20)28-25(35)27-19(30)11-12-29-22(31)16-5-3-4-6-17(16)23(29)32/h3-10,13H,2,11-12H2,1H3,(H2,27,28,30,35). The van der Waals surface area contributed by atoms with Gasteiger partial charge in [-0.3, -0.25) is 19.3 Å². The third-order valence-electron chi connectivity index (χ3n) is 5.35. The van der Waals surface area contributed by atoms with E-state index in [1.165, 1.54) is 11.3 Å². The minimum absolute atomic E-state index is 0.0302. The number of hydrogen-bond acceptors (Lipinski definition) is 7. The summed E-state index contributed by atoms with van der Waals surface area (Å²) in [5.74, 6) is -1.89. The molecule has 0 saturated heterocycles. The number of halogens is 1. The maximum Gasteiger partial charge on any atom is 0.341 e. The summed E-state index contributed by atoms with van der Waals surface area (Å²) in [4.78, 5) is 51.2. The molecule has 0 atom stereocenters. The number of nitrogens with zero attached hydrogens (tertiary/aromatic N) is 1. The number of ether oxygens (including phenoxy) is 1. The van der Waals surface area contributed by atoms with E-state index in [1.54, 1.807) is 60.8 Å². The van der Waals surface area contributed by atoms with E-state index >= 15 is 0 Å². The molecule has 0 radical (unpaired) electrons. The van der Waals surface area contributed by atoms with E-state index in [9.17, 15) is 19.2 Å². The lowest BCUT2D eigenvalue weighted by atomic mass is 10.0. The summed E-state index contributed by atoms with van der Waals surface area (Å²) in [5, 5.41) is 8.14. The third-order valence-corrected chi connectivity index (χ3v) is 6.70. The maximum absolute atomic E-state index is 12.7. The SMILES string of the molecule is CCOC(=O)c1c(-c2ccc(Cl)cc2)csc1NC(=S)NC(=O)CCN1C(=O)c2ccccc2C1=O. The molecule has 0 saturated carbocycles. The minimum Gasteiger partial charge on any atom is -0.462 e. The van der Waals surface area contributed by atoms with Crippen molar-refractivity contribution >= 4 is 69.0 Å². The molecular weight excluding hydrogens is 522 g/mol. The smallest absolute Gasteiger partial charge is 0.341 e. The van der Waals surface area contributed by atoms with Crippen LogP contribution in [0.4, 0.5) is 5.00 Å². The van der Waals surface area contributed by atoms with Gasteiger partial charge in [0.15, 0.2) is 5.11 Å². The van der Waals surface area contributed by atoms with Crippen molar-refractivity contribution in [3.8, 4) is 11.1 Å². The second-order valence-electron chi connectivity index (χ2n) is 7.64. The van der Waals surface area contributed by atoms with Gasteiger partial charge in [-0.1, -0.05) is 35.9 Å². The first kappa shape index (κ1) is 25.5. The first-order chi connectivity index (χ1) is 17.3. The number of thiophene rings is 1. The molecule has 2 N–H and O–H groups in total. The molecule has 0 unspecified atom stereocenters. The van der Waals surface area contributed by atoms with E-state index < -0.39 is 23.7 Å². The molecule has 0 aliphatic carbocycles. The maximum atomic E-state index is 12.7. The molecule has 1 aliphatic heterocycles. The van der Waals surface area contributed by atoms with Crippen LogP contribution in [0.25, 0.3) is 11.1 Å². The molecule has 11 heteroatoms. The van der Waals surface area contributed by atoms with E-state index in [0.717, 1.165) is 10.5 Å². The molecule has 1 aromatic heterocycles. The Hall–Kier alpha value is -3.60. The predicted molar refractivity (Wildman–Crippen MR) is 142 cm³/mol. The van der Waals surface area contributed by atoms with Crippen molar-refractivity contribution in [2.75, 3.05) is 18.5 Å². The summed E-state index contributed by atoms with van der Waals surface area (Å²) in [6.07, 6.45) is -0.140. The van der Waals surface area contributed by atoms with Crippen molar-refractivity contribution < 1.29 is 23.9 Å². The van der Waals surface area contributed by atoms with Crippen LogP contribution in [0.2, 0.25) is 5.02 Å². The van der Waals surface area contributed by atoms with Crippen LogP contribution < -0.4 is 10.6 Å². The number of rotatable bonds is 7. The van der Waals surface area contributed by atoms with Gasteiger partial charge in [-0.25, -0.2) is 4.79 Å². The Morgan fingerprint density at radius 3 is 2.28 bits per heavy atom. The van der Waals surface area contributed by atoms with Crippen LogP contribution in [0.5, 0.6) is 0 Å². The predicted octanol–water partition coefficient (Wildman–Crippen LogP) is 4.74. The average molecular weight is 542 g/mol. The Morgan fingerprint density at radius 2 is 1.67 bits per heavy atom. The van der Waals surface area contributed by atoms with Crippen LogP contribution in [0.15, 0.2) is 53.9 Å². The number of esters is 1. The van der Waals surface area contributed by atoms with Crippen molar-refractivity contribution in [1.29, 1.82) is 0 Å². The van der Waals surface area contributed by atoms with Gasteiger partial charge in [-0.05, 0) is 49.0 Å². The van der Waals surface area contributed by atoms with E-state index in [-0.39, 0.29) is 30.2 Å². The van der Waals surface area contributed by atoms with Crippen LogP contribution in [0.1, 0.15) is 44.4 Å². The van der Waals surface area contributed by atoms with Crippen molar-refractivity contribution in [2.45, 2.75) is 13.3 Å². The highest BCUT2D eigenvalue weighted by Gasteiger charge is 2.35. The number of anilines is 1. The van der Waals surface area contributed by atoms with Crippen LogP contribution in [-0.2, 0) is 9.53 Å². The van der Waals surface area contributed by atoms with Gasteiger partial charge in [0.1, 0.15) is 10.6 Å². The highest BCUT2D eigenvalue weighted by Crippen LogP contribution is 2.36. The summed E-state index contributed by atoms with van der Waals surface area (Å²) in [6, 6.07) is 13.5. The first-order valence-corrected chi connectivity index (χ1v) is 12.6. The van der Waals surface area contributed by atoms with Crippen LogP contribution in [0.3, 0.4) is 0 Å². The van der Waals surface area contributed by atoms with E-state index in [2.05, 4.69) is 10.6 Å². The number of imide groups is 1. The molecule has 184 valence electrons. The lowest BCUT2D eigenvalue weighted by Gasteiger charge is -2.14. The lowest BCUT2D eigenvalue weighted by Crippen LogP contribution is -2.38. The van der Waals surface area contributed by atoms with E-state index in [4.69, 9.17) is 28.6 Å². The Labute approximate surface area is 221 Å². The van der Waals surface area contributed by atoms with E-state index in [0.29, 0.717) is 26.7 Å². The summed E-state index contributed by atoms with van der Waals surface area (Å²) in [7, 11) is 0. The zero-order valence-electron chi connectivity index (χ0n) is 19.0. The molecule has 8 nitrogen and oxygen atoms in total. The van der Waals surface area contributed by atoms with Crippen LogP contribution in [0, 0.1) is 0 Å². The Bertz CT molecular complexity index is 1340. The number of carbonyl (C=O) groups excluding carboxylic acids is 4. The van der Waals surface area contributed by atoms with Gasteiger partial charge in [0, 0.05) is 28.9 Å². The number of amides is 3. The minimum atomic E-state index is -0.536. The van der Waals surface area contributed by atoms with Gasteiger partial charge in [0.2, 0.25) is 5.91 Å². The molecule has 1 aliphatic rings. The topological polar surface area (TPSA) is 105 Å². The lowest BCUT2D eigenvalue weighted by molar-refractivity contribution is -0.119. The second kappa shape index (κ2) is 11.0.